The maximum absolute atomic E-state index is 5.93. The van der Waals surface area contributed by atoms with Crippen LogP contribution in [0, 0.1) is 5.41 Å². The Balaban J connectivity index is 2.08. The van der Waals surface area contributed by atoms with Crippen molar-refractivity contribution in [2.24, 2.45) is 11.1 Å². The van der Waals surface area contributed by atoms with Crippen molar-refractivity contribution in [1.29, 1.82) is 0 Å². The molecule has 3 heteroatoms. The van der Waals surface area contributed by atoms with Crippen LogP contribution in [0.25, 0.3) is 0 Å². The van der Waals surface area contributed by atoms with Crippen LogP contribution < -0.4 is 5.73 Å². The van der Waals surface area contributed by atoms with E-state index in [2.05, 4.69) is 0 Å². The van der Waals surface area contributed by atoms with Gasteiger partial charge in [0, 0.05) is 26.9 Å². The highest BCUT2D eigenvalue weighted by Crippen LogP contribution is 2.38. The van der Waals surface area contributed by atoms with Crippen molar-refractivity contribution in [1.82, 2.24) is 0 Å². The predicted molar refractivity (Wildman–Crippen MR) is 66.5 cm³/mol. The summed E-state index contributed by atoms with van der Waals surface area (Å²) in [5.41, 5.74) is 6.31. The van der Waals surface area contributed by atoms with E-state index >= 15 is 0 Å². The van der Waals surface area contributed by atoms with Crippen LogP contribution in [0.15, 0.2) is 0 Å². The number of hydrogen-bond acceptors (Lipinski definition) is 3. The van der Waals surface area contributed by atoms with E-state index in [0.29, 0.717) is 5.41 Å². The number of ether oxygens (including phenoxy) is 2. The first-order valence-electron chi connectivity index (χ1n) is 6.60. The third-order valence-corrected chi connectivity index (χ3v) is 3.76. The Morgan fingerprint density at radius 2 is 1.81 bits per heavy atom. The summed E-state index contributed by atoms with van der Waals surface area (Å²) < 4.78 is 10.6. The van der Waals surface area contributed by atoms with Crippen molar-refractivity contribution in [3.05, 3.63) is 0 Å². The summed E-state index contributed by atoms with van der Waals surface area (Å²) in [4.78, 5) is 0. The Bertz CT molecular complexity index is 167. The van der Waals surface area contributed by atoms with Crippen LogP contribution in [-0.2, 0) is 9.47 Å². The highest BCUT2D eigenvalue weighted by atomic mass is 16.5. The second-order valence-corrected chi connectivity index (χ2v) is 4.97. The predicted octanol–water partition coefficient (Wildman–Crippen LogP) is 2.34. The average molecular weight is 229 g/mol. The summed E-state index contributed by atoms with van der Waals surface area (Å²) >= 11 is 0. The standard InChI is InChI=1S/C13H27NO2/c1-15-9-5-10-16-11-8-13(12-14)6-3-2-4-7-13/h2-12,14H2,1H3. The third kappa shape index (κ3) is 4.81. The average Bonchev–Trinajstić information content (AvgIpc) is 2.35. The zero-order chi connectivity index (χ0) is 11.7. The zero-order valence-electron chi connectivity index (χ0n) is 10.7. The normalized spacial score (nSPS) is 19.9. The Hall–Kier alpha value is -0.120. The van der Waals surface area contributed by atoms with Crippen LogP contribution in [0.4, 0.5) is 0 Å². The second kappa shape index (κ2) is 8.04. The lowest BCUT2D eigenvalue weighted by Crippen LogP contribution is -2.34. The van der Waals surface area contributed by atoms with Gasteiger partial charge >= 0.3 is 0 Å². The van der Waals surface area contributed by atoms with Gasteiger partial charge in [-0.2, -0.15) is 0 Å². The summed E-state index contributed by atoms with van der Waals surface area (Å²) in [6.45, 7) is 3.30. The monoisotopic (exact) mass is 229 g/mol. The third-order valence-electron chi connectivity index (χ3n) is 3.76. The molecule has 3 nitrogen and oxygen atoms in total. The first-order chi connectivity index (χ1) is 7.83. The highest BCUT2D eigenvalue weighted by Gasteiger charge is 2.29. The first kappa shape index (κ1) is 13.9. The van der Waals surface area contributed by atoms with Gasteiger partial charge in [-0.15, -0.1) is 0 Å². The Morgan fingerprint density at radius 1 is 1.06 bits per heavy atom. The lowest BCUT2D eigenvalue weighted by Gasteiger charge is -2.36. The molecule has 0 spiro atoms. The molecule has 1 aliphatic rings. The Labute approximate surface area is 99.7 Å². The van der Waals surface area contributed by atoms with Crippen LogP contribution in [0.3, 0.4) is 0 Å². The molecule has 0 aromatic rings. The smallest absolute Gasteiger partial charge is 0.0487 e. The maximum Gasteiger partial charge on any atom is 0.0487 e. The molecule has 1 rings (SSSR count). The summed E-state index contributed by atoms with van der Waals surface area (Å²) in [6, 6.07) is 0. The van der Waals surface area contributed by atoms with Gasteiger partial charge in [0.1, 0.15) is 0 Å². The molecule has 1 aliphatic carbocycles. The van der Waals surface area contributed by atoms with Crippen molar-refractivity contribution >= 4 is 0 Å². The van der Waals surface area contributed by atoms with Crippen molar-refractivity contribution in [3.8, 4) is 0 Å². The van der Waals surface area contributed by atoms with E-state index in [0.717, 1.165) is 39.2 Å². The van der Waals surface area contributed by atoms with E-state index in [-0.39, 0.29) is 0 Å². The molecule has 0 aromatic heterocycles. The Kier molecular flexibility index (Phi) is 7.01. The zero-order valence-corrected chi connectivity index (χ0v) is 10.7. The molecule has 0 atom stereocenters. The fraction of sp³-hybridized carbons (Fsp3) is 1.00. The minimum absolute atomic E-state index is 0.388. The lowest BCUT2D eigenvalue weighted by atomic mass is 9.72. The largest absolute Gasteiger partial charge is 0.385 e. The molecule has 0 saturated heterocycles. The van der Waals surface area contributed by atoms with Crippen molar-refractivity contribution in [2.45, 2.75) is 44.9 Å². The molecule has 0 radical (unpaired) electrons. The van der Waals surface area contributed by atoms with E-state index in [4.69, 9.17) is 15.2 Å². The topological polar surface area (TPSA) is 44.5 Å². The van der Waals surface area contributed by atoms with E-state index in [1.54, 1.807) is 7.11 Å². The lowest BCUT2D eigenvalue weighted by molar-refractivity contribution is 0.0648. The summed E-state index contributed by atoms with van der Waals surface area (Å²) in [5, 5.41) is 0. The molecule has 1 fully saturated rings. The molecule has 0 amide bonds. The SMILES string of the molecule is COCCCOCCC1(CN)CCCCC1. The van der Waals surface area contributed by atoms with Crippen molar-refractivity contribution < 1.29 is 9.47 Å². The van der Waals surface area contributed by atoms with Gasteiger partial charge in [-0.25, -0.2) is 0 Å². The molecule has 0 aliphatic heterocycles. The number of methoxy groups -OCH3 is 1. The van der Waals surface area contributed by atoms with Gasteiger partial charge in [-0.3, -0.25) is 0 Å². The summed E-state index contributed by atoms with van der Waals surface area (Å²) in [5.74, 6) is 0. The molecule has 2 N–H and O–H groups in total. The van der Waals surface area contributed by atoms with Gasteiger partial charge in [-0.1, -0.05) is 19.3 Å². The molecule has 0 aromatic carbocycles. The maximum atomic E-state index is 5.93. The molecule has 0 heterocycles. The summed E-state index contributed by atoms with van der Waals surface area (Å²) in [7, 11) is 1.73. The quantitative estimate of drug-likeness (QED) is 0.650. The molecule has 1 saturated carbocycles. The van der Waals surface area contributed by atoms with Crippen LogP contribution in [0.1, 0.15) is 44.9 Å². The van der Waals surface area contributed by atoms with Crippen LogP contribution in [0.2, 0.25) is 0 Å². The minimum atomic E-state index is 0.388. The Morgan fingerprint density at radius 3 is 2.44 bits per heavy atom. The highest BCUT2D eigenvalue weighted by molar-refractivity contribution is 4.83. The molecule has 0 bridgehead atoms. The molecule has 96 valence electrons. The van der Waals surface area contributed by atoms with Crippen molar-refractivity contribution in [2.75, 3.05) is 33.5 Å². The molecular formula is C13H27NO2. The number of nitrogens with two attached hydrogens (primary N) is 1. The van der Waals surface area contributed by atoms with Crippen LogP contribution >= 0.6 is 0 Å². The number of hydrogen-bond donors (Lipinski definition) is 1. The van der Waals surface area contributed by atoms with E-state index in [1.165, 1.54) is 32.1 Å². The number of rotatable bonds is 8. The molecular weight excluding hydrogens is 202 g/mol. The van der Waals surface area contributed by atoms with Crippen LogP contribution in [-0.4, -0.2) is 33.5 Å². The van der Waals surface area contributed by atoms with Gasteiger partial charge in [-0.05, 0) is 37.6 Å². The van der Waals surface area contributed by atoms with E-state index in [1.807, 2.05) is 0 Å². The minimum Gasteiger partial charge on any atom is -0.385 e. The van der Waals surface area contributed by atoms with Gasteiger partial charge < -0.3 is 15.2 Å². The van der Waals surface area contributed by atoms with Crippen molar-refractivity contribution in [3.63, 3.8) is 0 Å². The van der Waals surface area contributed by atoms with Gasteiger partial charge in [0.05, 0.1) is 0 Å². The van der Waals surface area contributed by atoms with Gasteiger partial charge in [0.25, 0.3) is 0 Å². The molecule has 0 unspecified atom stereocenters. The molecule has 16 heavy (non-hydrogen) atoms. The summed E-state index contributed by atoms with van der Waals surface area (Å²) in [6.07, 6.45) is 8.80. The fourth-order valence-corrected chi connectivity index (χ4v) is 2.55. The second-order valence-electron chi connectivity index (χ2n) is 4.97. The van der Waals surface area contributed by atoms with Gasteiger partial charge in [0.2, 0.25) is 0 Å². The van der Waals surface area contributed by atoms with E-state index < -0.39 is 0 Å². The van der Waals surface area contributed by atoms with Gasteiger partial charge in [0.15, 0.2) is 0 Å². The van der Waals surface area contributed by atoms with E-state index in [9.17, 15) is 0 Å². The first-order valence-corrected chi connectivity index (χ1v) is 6.60. The van der Waals surface area contributed by atoms with Crippen LogP contribution in [0.5, 0.6) is 0 Å². The fourth-order valence-electron chi connectivity index (χ4n) is 2.55.